The Morgan fingerprint density at radius 1 is 1.29 bits per heavy atom. The van der Waals surface area contributed by atoms with Crippen LogP contribution in [0.3, 0.4) is 0 Å². The Morgan fingerprint density at radius 2 is 2.08 bits per heavy atom. The van der Waals surface area contributed by atoms with Crippen molar-refractivity contribution < 1.29 is 9.21 Å². The number of para-hydroxylation sites is 1. The van der Waals surface area contributed by atoms with Gasteiger partial charge in [0.05, 0.1) is 6.20 Å². The lowest BCUT2D eigenvalue weighted by atomic mass is 9.92. The Hall–Kier alpha value is -2.40. The molecule has 0 aliphatic carbocycles. The second-order valence-electron chi connectivity index (χ2n) is 6.51. The predicted molar refractivity (Wildman–Crippen MR) is 91.8 cm³/mol. The van der Waals surface area contributed by atoms with Gasteiger partial charge < -0.3 is 8.98 Å². The van der Waals surface area contributed by atoms with E-state index in [0.717, 1.165) is 32.5 Å². The van der Waals surface area contributed by atoms with Crippen molar-refractivity contribution >= 4 is 16.7 Å². The SMILES string of the molecule is Cn1c(CN2CCC(C(=O)c3ncco3)CC2)cc2ccccc21. The average molecular weight is 323 g/mol. The summed E-state index contributed by atoms with van der Waals surface area (Å²) in [5, 5.41) is 1.28. The third kappa shape index (κ3) is 2.76. The number of hydrogen-bond acceptors (Lipinski definition) is 4. The molecule has 1 aliphatic heterocycles. The van der Waals surface area contributed by atoms with Crippen molar-refractivity contribution in [3.63, 3.8) is 0 Å². The molecule has 0 atom stereocenters. The Balaban J connectivity index is 1.41. The standard InChI is InChI=1S/C19H21N3O2/c1-21-16(12-15-4-2-3-5-17(15)21)13-22-9-6-14(7-10-22)18(23)19-20-8-11-24-19/h2-5,8,11-12,14H,6-7,9-10,13H2,1H3. The van der Waals surface area contributed by atoms with Crippen LogP contribution >= 0.6 is 0 Å². The Bertz CT molecular complexity index is 843. The fraction of sp³-hybridized carbons (Fsp3) is 0.368. The van der Waals surface area contributed by atoms with Crippen molar-refractivity contribution in [3.05, 3.63) is 54.4 Å². The Morgan fingerprint density at radius 3 is 2.79 bits per heavy atom. The number of carbonyl (C=O) groups is 1. The number of aryl methyl sites for hydroxylation is 1. The molecule has 0 radical (unpaired) electrons. The van der Waals surface area contributed by atoms with Crippen molar-refractivity contribution in [2.75, 3.05) is 13.1 Å². The molecule has 1 fully saturated rings. The van der Waals surface area contributed by atoms with Crippen molar-refractivity contribution in [1.82, 2.24) is 14.5 Å². The minimum atomic E-state index is 0.0346. The Kier molecular flexibility index (Phi) is 3.94. The van der Waals surface area contributed by atoms with Gasteiger partial charge in [0.25, 0.3) is 5.89 Å². The van der Waals surface area contributed by atoms with Gasteiger partial charge in [-0.15, -0.1) is 0 Å². The highest BCUT2D eigenvalue weighted by atomic mass is 16.3. The molecule has 4 rings (SSSR count). The summed E-state index contributed by atoms with van der Waals surface area (Å²) < 4.78 is 7.41. The van der Waals surface area contributed by atoms with Gasteiger partial charge in [0.15, 0.2) is 0 Å². The van der Waals surface area contributed by atoms with Crippen molar-refractivity contribution in [3.8, 4) is 0 Å². The van der Waals surface area contributed by atoms with Crippen LogP contribution in [0.1, 0.15) is 29.2 Å². The number of fused-ring (bicyclic) bond motifs is 1. The third-order valence-corrected chi connectivity index (χ3v) is 5.04. The zero-order valence-electron chi connectivity index (χ0n) is 13.8. The van der Waals surface area contributed by atoms with Crippen LogP contribution in [0.2, 0.25) is 0 Å². The lowest BCUT2D eigenvalue weighted by molar-refractivity contribution is 0.0797. The van der Waals surface area contributed by atoms with Crippen LogP contribution in [0, 0.1) is 5.92 Å². The molecule has 3 heterocycles. The van der Waals surface area contributed by atoms with Crippen LogP contribution in [0.15, 0.2) is 47.2 Å². The van der Waals surface area contributed by atoms with Crippen LogP contribution in [-0.4, -0.2) is 33.3 Å². The number of oxazole rings is 1. The number of hydrogen-bond donors (Lipinski definition) is 0. The molecule has 124 valence electrons. The molecule has 0 unspecified atom stereocenters. The number of likely N-dealkylation sites (tertiary alicyclic amines) is 1. The van der Waals surface area contributed by atoms with Gasteiger partial charge >= 0.3 is 0 Å². The van der Waals surface area contributed by atoms with Gasteiger partial charge in [-0.1, -0.05) is 18.2 Å². The number of ketones is 1. The highest BCUT2D eigenvalue weighted by Gasteiger charge is 2.28. The molecule has 0 spiro atoms. The summed E-state index contributed by atoms with van der Waals surface area (Å²) in [6.45, 7) is 2.78. The summed E-state index contributed by atoms with van der Waals surface area (Å²) in [5.74, 6) is 0.332. The minimum Gasteiger partial charge on any atom is -0.442 e. The summed E-state index contributed by atoms with van der Waals surface area (Å²) in [5.41, 5.74) is 2.58. The maximum absolute atomic E-state index is 12.3. The zero-order valence-corrected chi connectivity index (χ0v) is 13.8. The average Bonchev–Trinajstić information content (AvgIpc) is 3.25. The number of Topliss-reactive ketones (excluding diaryl/α,β-unsaturated/α-hetero) is 1. The minimum absolute atomic E-state index is 0.0346. The van der Waals surface area contributed by atoms with Gasteiger partial charge in [0.2, 0.25) is 5.78 Å². The number of nitrogens with zero attached hydrogens (tertiary/aromatic N) is 3. The van der Waals surface area contributed by atoms with Crippen LogP contribution in [0.25, 0.3) is 10.9 Å². The molecule has 3 aromatic rings. The monoisotopic (exact) mass is 323 g/mol. The van der Waals surface area contributed by atoms with Crippen molar-refractivity contribution in [1.29, 1.82) is 0 Å². The van der Waals surface area contributed by atoms with E-state index in [1.807, 2.05) is 0 Å². The quantitative estimate of drug-likeness (QED) is 0.692. The molecule has 24 heavy (non-hydrogen) atoms. The lowest BCUT2D eigenvalue weighted by Crippen LogP contribution is -2.36. The highest BCUT2D eigenvalue weighted by Crippen LogP contribution is 2.24. The zero-order chi connectivity index (χ0) is 16.5. The van der Waals surface area contributed by atoms with Crippen LogP contribution in [0.5, 0.6) is 0 Å². The Labute approximate surface area is 140 Å². The summed E-state index contributed by atoms with van der Waals surface area (Å²) in [4.78, 5) is 18.7. The molecular formula is C19H21N3O2. The van der Waals surface area contributed by atoms with Crippen LogP contribution in [-0.2, 0) is 13.6 Å². The van der Waals surface area contributed by atoms with E-state index >= 15 is 0 Å². The third-order valence-electron chi connectivity index (χ3n) is 5.04. The molecule has 5 heteroatoms. The topological polar surface area (TPSA) is 51.3 Å². The van der Waals surface area contributed by atoms with E-state index in [2.05, 4.69) is 51.8 Å². The predicted octanol–water partition coefficient (Wildman–Crippen LogP) is 3.26. The van der Waals surface area contributed by atoms with E-state index in [1.165, 1.54) is 29.1 Å². The largest absolute Gasteiger partial charge is 0.442 e. The van der Waals surface area contributed by atoms with E-state index in [1.54, 1.807) is 0 Å². The van der Waals surface area contributed by atoms with Gasteiger partial charge in [-0.25, -0.2) is 4.98 Å². The maximum Gasteiger partial charge on any atom is 0.263 e. The first-order valence-corrected chi connectivity index (χ1v) is 8.42. The molecule has 1 aliphatic rings. The summed E-state index contributed by atoms with van der Waals surface area (Å²) >= 11 is 0. The number of benzene rings is 1. The molecule has 0 amide bonds. The number of aromatic nitrogens is 2. The van der Waals surface area contributed by atoms with Crippen molar-refractivity contribution in [2.24, 2.45) is 13.0 Å². The van der Waals surface area contributed by atoms with Gasteiger partial charge in [-0.2, -0.15) is 0 Å². The summed E-state index contributed by atoms with van der Waals surface area (Å²) in [7, 11) is 2.12. The fourth-order valence-corrected chi connectivity index (χ4v) is 3.60. The first kappa shape index (κ1) is 15.1. The number of carbonyl (C=O) groups excluding carboxylic acids is 1. The van der Waals surface area contributed by atoms with E-state index in [0.29, 0.717) is 0 Å². The highest BCUT2D eigenvalue weighted by molar-refractivity contribution is 5.93. The molecule has 2 aromatic heterocycles. The molecule has 0 bridgehead atoms. The fourth-order valence-electron chi connectivity index (χ4n) is 3.60. The second kappa shape index (κ2) is 6.24. The number of piperidine rings is 1. The van der Waals surface area contributed by atoms with Crippen LogP contribution < -0.4 is 0 Å². The van der Waals surface area contributed by atoms with Gasteiger partial charge in [0, 0.05) is 30.7 Å². The molecule has 0 saturated carbocycles. The van der Waals surface area contributed by atoms with E-state index in [4.69, 9.17) is 4.42 Å². The summed E-state index contributed by atoms with van der Waals surface area (Å²) in [6.07, 6.45) is 4.72. The molecular weight excluding hydrogens is 302 g/mol. The summed E-state index contributed by atoms with van der Waals surface area (Å²) in [6, 6.07) is 10.7. The molecule has 1 aromatic carbocycles. The van der Waals surface area contributed by atoms with Crippen molar-refractivity contribution in [2.45, 2.75) is 19.4 Å². The first-order chi connectivity index (χ1) is 11.7. The van der Waals surface area contributed by atoms with E-state index < -0.39 is 0 Å². The van der Waals surface area contributed by atoms with Crippen LogP contribution in [0.4, 0.5) is 0 Å². The van der Waals surface area contributed by atoms with Gasteiger partial charge in [-0.3, -0.25) is 9.69 Å². The number of rotatable bonds is 4. The molecule has 1 saturated heterocycles. The second-order valence-corrected chi connectivity index (χ2v) is 6.51. The molecule has 5 nitrogen and oxygen atoms in total. The van der Waals surface area contributed by atoms with E-state index in [9.17, 15) is 4.79 Å². The van der Waals surface area contributed by atoms with Gasteiger partial charge in [0.1, 0.15) is 6.26 Å². The maximum atomic E-state index is 12.3. The molecule has 0 N–H and O–H groups in total. The normalized spacial score (nSPS) is 16.7. The first-order valence-electron chi connectivity index (χ1n) is 8.42. The van der Waals surface area contributed by atoms with Gasteiger partial charge in [-0.05, 0) is 43.5 Å². The van der Waals surface area contributed by atoms with E-state index in [-0.39, 0.29) is 17.6 Å². The lowest BCUT2D eigenvalue weighted by Gasteiger charge is -2.30. The smallest absolute Gasteiger partial charge is 0.263 e.